The topological polar surface area (TPSA) is 49.7 Å². The van der Waals surface area contributed by atoms with Crippen LogP contribution < -0.4 is 9.47 Å². The molecule has 0 aliphatic carbocycles. The highest BCUT2D eigenvalue weighted by Gasteiger charge is 2.23. The predicted molar refractivity (Wildman–Crippen MR) is 113 cm³/mol. The SMILES string of the molecule is CCOC(=O)c1cn(-c2cc(OC)c(OC)cc2Br)c(C)c1-c1ccccc1. The number of methoxy groups -OCH3 is 2. The third-order valence-electron chi connectivity index (χ3n) is 4.52. The molecule has 0 spiro atoms. The Morgan fingerprint density at radius 1 is 1.07 bits per heavy atom. The largest absolute Gasteiger partial charge is 0.493 e. The molecule has 0 amide bonds. The maximum Gasteiger partial charge on any atom is 0.340 e. The Bertz CT molecular complexity index is 996. The standard InChI is InChI=1S/C22H22BrNO4/c1-5-28-22(25)16-13-24(14(2)21(16)15-9-7-6-8-10-15)18-12-20(27-4)19(26-3)11-17(18)23/h6-13H,5H2,1-4H3. The van der Waals surface area contributed by atoms with E-state index in [9.17, 15) is 4.79 Å². The van der Waals surface area contributed by atoms with Crippen molar-refractivity contribution in [2.45, 2.75) is 13.8 Å². The van der Waals surface area contributed by atoms with Crippen LogP contribution in [0.5, 0.6) is 11.5 Å². The molecule has 0 N–H and O–H groups in total. The summed E-state index contributed by atoms with van der Waals surface area (Å²) < 4.78 is 18.9. The zero-order chi connectivity index (χ0) is 20.3. The third kappa shape index (κ3) is 3.64. The zero-order valence-corrected chi connectivity index (χ0v) is 17.9. The zero-order valence-electron chi connectivity index (χ0n) is 16.3. The maximum atomic E-state index is 12.7. The molecule has 0 unspecified atom stereocenters. The summed E-state index contributed by atoms with van der Waals surface area (Å²) in [6.45, 7) is 4.10. The van der Waals surface area contributed by atoms with Gasteiger partial charge in [-0.3, -0.25) is 0 Å². The van der Waals surface area contributed by atoms with Crippen LogP contribution in [0.15, 0.2) is 53.1 Å². The lowest BCUT2D eigenvalue weighted by molar-refractivity contribution is 0.0527. The molecule has 0 saturated heterocycles. The van der Waals surface area contributed by atoms with Gasteiger partial charge in [0, 0.05) is 34.1 Å². The number of ether oxygens (including phenoxy) is 3. The second-order valence-corrected chi connectivity index (χ2v) is 6.97. The summed E-state index contributed by atoms with van der Waals surface area (Å²) in [5, 5.41) is 0. The van der Waals surface area contributed by atoms with Gasteiger partial charge in [0.1, 0.15) is 0 Å². The van der Waals surface area contributed by atoms with Crippen molar-refractivity contribution in [1.29, 1.82) is 0 Å². The summed E-state index contributed by atoms with van der Waals surface area (Å²) >= 11 is 3.61. The molecule has 1 aromatic heterocycles. The van der Waals surface area contributed by atoms with Gasteiger partial charge in [0.2, 0.25) is 0 Å². The van der Waals surface area contributed by atoms with Crippen LogP contribution in [0, 0.1) is 6.92 Å². The van der Waals surface area contributed by atoms with Crippen LogP contribution in [0.2, 0.25) is 0 Å². The van der Waals surface area contributed by atoms with Crippen molar-refractivity contribution in [3.63, 3.8) is 0 Å². The van der Waals surface area contributed by atoms with Gasteiger partial charge >= 0.3 is 5.97 Å². The number of benzene rings is 2. The van der Waals surface area contributed by atoms with Crippen LogP contribution in [0.3, 0.4) is 0 Å². The van der Waals surface area contributed by atoms with Crippen molar-refractivity contribution < 1.29 is 19.0 Å². The highest BCUT2D eigenvalue weighted by molar-refractivity contribution is 9.10. The van der Waals surface area contributed by atoms with E-state index in [0.717, 1.165) is 27.0 Å². The van der Waals surface area contributed by atoms with E-state index in [1.54, 1.807) is 21.1 Å². The summed E-state index contributed by atoms with van der Waals surface area (Å²) in [5.41, 5.74) is 4.08. The van der Waals surface area contributed by atoms with Crippen LogP contribution in [-0.2, 0) is 4.74 Å². The van der Waals surface area contributed by atoms with Crippen molar-refractivity contribution in [2.75, 3.05) is 20.8 Å². The lowest BCUT2D eigenvalue weighted by Gasteiger charge is -2.14. The van der Waals surface area contributed by atoms with Gasteiger partial charge in [-0.2, -0.15) is 0 Å². The molecule has 0 aliphatic rings. The highest BCUT2D eigenvalue weighted by atomic mass is 79.9. The van der Waals surface area contributed by atoms with Gasteiger partial charge < -0.3 is 18.8 Å². The first kappa shape index (κ1) is 20.0. The molecule has 5 nitrogen and oxygen atoms in total. The molecule has 2 aromatic carbocycles. The third-order valence-corrected chi connectivity index (χ3v) is 5.16. The molecular formula is C22H22BrNO4. The van der Waals surface area contributed by atoms with E-state index in [1.165, 1.54) is 0 Å². The van der Waals surface area contributed by atoms with Gasteiger partial charge in [0.15, 0.2) is 11.5 Å². The minimum atomic E-state index is -0.347. The van der Waals surface area contributed by atoms with E-state index in [2.05, 4.69) is 15.9 Å². The maximum absolute atomic E-state index is 12.7. The second-order valence-electron chi connectivity index (χ2n) is 6.12. The Labute approximate surface area is 173 Å². The first-order chi connectivity index (χ1) is 13.5. The van der Waals surface area contributed by atoms with Crippen molar-refractivity contribution >= 4 is 21.9 Å². The average Bonchev–Trinajstić information content (AvgIpc) is 3.05. The van der Waals surface area contributed by atoms with Gasteiger partial charge in [0.25, 0.3) is 0 Å². The fraction of sp³-hybridized carbons (Fsp3) is 0.227. The molecule has 146 valence electrons. The average molecular weight is 444 g/mol. The summed E-state index contributed by atoms with van der Waals surface area (Å²) in [4.78, 5) is 12.7. The lowest BCUT2D eigenvalue weighted by Crippen LogP contribution is -2.05. The Morgan fingerprint density at radius 2 is 1.71 bits per heavy atom. The number of carbonyl (C=O) groups is 1. The molecule has 0 atom stereocenters. The van der Waals surface area contributed by atoms with E-state index in [-0.39, 0.29) is 5.97 Å². The van der Waals surface area contributed by atoms with E-state index in [1.807, 2.05) is 60.2 Å². The van der Waals surface area contributed by atoms with Gasteiger partial charge in [-0.15, -0.1) is 0 Å². The normalized spacial score (nSPS) is 10.6. The van der Waals surface area contributed by atoms with Crippen LogP contribution >= 0.6 is 15.9 Å². The van der Waals surface area contributed by atoms with E-state index < -0.39 is 0 Å². The molecular weight excluding hydrogens is 422 g/mol. The van der Waals surface area contributed by atoms with Crippen LogP contribution in [0.1, 0.15) is 23.0 Å². The molecule has 0 aliphatic heterocycles. The first-order valence-electron chi connectivity index (χ1n) is 8.88. The Kier molecular flexibility index (Phi) is 6.09. The summed E-state index contributed by atoms with van der Waals surface area (Å²) in [6, 6.07) is 13.5. The Balaban J connectivity index is 2.25. The number of hydrogen-bond donors (Lipinski definition) is 0. The molecule has 6 heteroatoms. The summed E-state index contributed by atoms with van der Waals surface area (Å²) in [7, 11) is 3.19. The molecule has 0 bridgehead atoms. The van der Waals surface area contributed by atoms with Crippen molar-refractivity contribution in [2.24, 2.45) is 0 Å². The van der Waals surface area contributed by atoms with E-state index in [4.69, 9.17) is 14.2 Å². The van der Waals surface area contributed by atoms with E-state index in [0.29, 0.717) is 23.7 Å². The van der Waals surface area contributed by atoms with Crippen molar-refractivity contribution in [3.05, 3.63) is 64.4 Å². The quantitative estimate of drug-likeness (QED) is 0.477. The number of carbonyl (C=O) groups excluding carboxylic acids is 1. The number of halogens is 1. The van der Waals surface area contributed by atoms with Crippen LogP contribution in [-0.4, -0.2) is 31.4 Å². The monoisotopic (exact) mass is 443 g/mol. The lowest BCUT2D eigenvalue weighted by atomic mass is 10.0. The molecule has 0 saturated carbocycles. The van der Waals surface area contributed by atoms with Crippen LogP contribution in [0.4, 0.5) is 0 Å². The van der Waals surface area contributed by atoms with Crippen LogP contribution in [0.25, 0.3) is 16.8 Å². The van der Waals surface area contributed by atoms with Gasteiger partial charge in [-0.25, -0.2) is 4.79 Å². The van der Waals surface area contributed by atoms with Gasteiger partial charge in [-0.05, 0) is 35.3 Å². The number of nitrogens with zero attached hydrogens (tertiary/aromatic N) is 1. The van der Waals surface area contributed by atoms with Gasteiger partial charge in [-0.1, -0.05) is 30.3 Å². The number of aromatic nitrogens is 1. The molecule has 3 rings (SSSR count). The number of esters is 1. The fourth-order valence-corrected chi connectivity index (χ4v) is 3.73. The van der Waals surface area contributed by atoms with E-state index >= 15 is 0 Å². The highest BCUT2D eigenvalue weighted by Crippen LogP contribution is 2.38. The minimum absolute atomic E-state index is 0.317. The smallest absolute Gasteiger partial charge is 0.340 e. The fourth-order valence-electron chi connectivity index (χ4n) is 3.22. The summed E-state index contributed by atoms with van der Waals surface area (Å²) in [5.74, 6) is 0.879. The number of rotatable bonds is 6. The molecule has 0 radical (unpaired) electrons. The van der Waals surface area contributed by atoms with Crippen molar-refractivity contribution in [3.8, 4) is 28.3 Å². The Hall–Kier alpha value is -2.73. The second kappa shape index (κ2) is 8.52. The predicted octanol–water partition coefficient (Wildman–Crippen LogP) is 5.41. The molecule has 3 aromatic rings. The molecule has 0 fully saturated rings. The first-order valence-corrected chi connectivity index (χ1v) is 9.67. The molecule has 28 heavy (non-hydrogen) atoms. The summed E-state index contributed by atoms with van der Waals surface area (Å²) in [6.07, 6.45) is 1.81. The number of hydrogen-bond acceptors (Lipinski definition) is 4. The molecule has 1 heterocycles. The van der Waals surface area contributed by atoms with Crippen molar-refractivity contribution in [1.82, 2.24) is 4.57 Å². The Morgan fingerprint density at radius 3 is 2.32 bits per heavy atom. The minimum Gasteiger partial charge on any atom is -0.493 e. The van der Waals surface area contributed by atoms with Gasteiger partial charge in [0.05, 0.1) is 32.1 Å².